The van der Waals surface area contributed by atoms with Crippen molar-refractivity contribution in [3.63, 3.8) is 0 Å². The lowest BCUT2D eigenvalue weighted by atomic mass is 9.81. The number of para-hydroxylation sites is 2. The summed E-state index contributed by atoms with van der Waals surface area (Å²) in [6.45, 7) is 8.95. The molecule has 0 aliphatic carbocycles. The molecule has 1 aliphatic heterocycles. The van der Waals surface area contributed by atoms with Crippen molar-refractivity contribution in [2.75, 3.05) is 7.05 Å². The minimum Gasteiger partial charge on any atom is -0.343 e. The van der Waals surface area contributed by atoms with E-state index in [1.165, 1.54) is 33.2 Å². The van der Waals surface area contributed by atoms with Crippen molar-refractivity contribution in [1.29, 1.82) is 0 Å². The molecule has 3 aromatic rings. The van der Waals surface area contributed by atoms with Crippen molar-refractivity contribution in [3.05, 3.63) is 64.7 Å². The van der Waals surface area contributed by atoms with Gasteiger partial charge in [0.2, 0.25) is 5.69 Å². The van der Waals surface area contributed by atoms with E-state index in [-0.39, 0.29) is 5.41 Å². The quantitative estimate of drug-likeness (QED) is 0.610. The molecule has 0 spiro atoms. The van der Waals surface area contributed by atoms with Crippen LogP contribution >= 0.6 is 0 Å². The first-order chi connectivity index (χ1) is 11.4. The third-order valence-corrected chi connectivity index (χ3v) is 5.47. The maximum atomic E-state index is 4.35. The van der Waals surface area contributed by atoms with Crippen LogP contribution in [0.2, 0.25) is 0 Å². The van der Waals surface area contributed by atoms with E-state index in [9.17, 15) is 0 Å². The zero-order valence-electron chi connectivity index (χ0n) is 14.8. The van der Waals surface area contributed by atoms with Crippen molar-refractivity contribution in [3.8, 4) is 0 Å². The van der Waals surface area contributed by atoms with Crippen molar-refractivity contribution in [1.82, 2.24) is 4.57 Å². The lowest BCUT2D eigenvalue weighted by Gasteiger charge is -2.15. The lowest BCUT2D eigenvalue weighted by Crippen LogP contribution is -2.34. The van der Waals surface area contributed by atoms with Gasteiger partial charge in [0.1, 0.15) is 7.05 Å². The van der Waals surface area contributed by atoms with E-state index >= 15 is 0 Å². The van der Waals surface area contributed by atoms with Crippen LogP contribution in [0.25, 0.3) is 23.6 Å². The number of benzene rings is 2. The Kier molecular flexibility index (Phi) is 3.08. The van der Waals surface area contributed by atoms with Crippen LogP contribution in [0, 0.1) is 0 Å². The molecule has 0 unspecified atom stereocenters. The fourth-order valence-corrected chi connectivity index (χ4v) is 4.06. The predicted octanol–water partition coefficient (Wildman–Crippen LogP) is 3.08. The van der Waals surface area contributed by atoms with Crippen LogP contribution < -0.4 is 10.6 Å². The summed E-state index contributed by atoms with van der Waals surface area (Å²) in [7, 11) is 4.28. The molecule has 1 aliphatic rings. The lowest BCUT2D eigenvalue weighted by molar-refractivity contribution is -0.400. The SMILES string of the molecule is C=c1/c(=C/C2=[N+](C)c3ccccc3C2(C)C)n(C)c2ccccc12. The van der Waals surface area contributed by atoms with Gasteiger partial charge in [-0.1, -0.05) is 43.0 Å². The van der Waals surface area contributed by atoms with Crippen LogP contribution in [0.1, 0.15) is 19.4 Å². The highest BCUT2D eigenvalue weighted by Crippen LogP contribution is 2.38. The summed E-state index contributed by atoms with van der Waals surface area (Å²) in [6.07, 6.45) is 2.31. The number of fused-ring (bicyclic) bond motifs is 2. The second-order valence-corrected chi connectivity index (χ2v) is 7.17. The van der Waals surface area contributed by atoms with Crippen molar-refractivity contribution in [2.24, 2.45) is 7.05 Å². The Morgan fingerprint density at radius 2 is 1.71 bits per heavy atom. The maximum Gasteiger partial charge on any atom is 0.209 e. The Morgan fingerprint density at radius 1 is 1.04 bits per heavy atom. The van der Waals surface area contributed by atoms with Gasteiger partial charge in [0.05, 0.1) is 10.8 Å². The number of aryl methyl sites for hydroxylation is 1. The average molecular weight is 315 g/mol. The molecule has 0 saturated carbocycles. The molecule has 0 fully saturated rings. The molecule has 120 valence electrons. The van der Waals surface area contributed by atoms with E-state index in [0.29, 0.717) is 0 Å². The van der Waals surface area contributed by atoms with E-state index < -0.39 is 0 Å². The average Bonchev–Trinajstić information content (AvgIpc) is 2.94. The van der Waals surface area contributed by atoms with Gasteiger partial charge in [-0.05, 0) is 19.9 Å². The molecule has 0 radical (unpaired) electrons. The van der Waals surface area contributed by atoms with Crippen LogP contribution in [0.4, 0.5) is 5.69 Å². The third kappa shape index (κ3) is 1.86. The number of rotatable bonds is 1. The Bertz CT molecular complexity index is 1110. The highest BCUT2D eigenvalue weighted by Gasteiger charge is 2.42. The standard InChI is InChI=1S/C22H23N2/c1-15-16-10-6-8-12-18(16)23(4)20(15)14-21-22(2,3)17-11-7-9-13-19(17)24(21)5/h6-14H,1H2,2-5H3/q+1. The monoisotopic (exact) mass is 315 g/mol. The second kappa shape index (κ2) is 4.94. The molecule has 2 aromatic carbocycles. The van der Waals surface area contributed by atoms with Gasteiger partial charge in [-0.15, -0.1) is 0 Å². The van der Waals surface area contributed by atoms with Gasteiger partial charge in [-0.25, -0.2) is 0 Å². The topological polar surface area (TPSA) is 7.94 Å². The minimum absolute atomic E-state index is 0.0196. The molecule has 0 atom stereocenters. The first kappa shape index (κ1) is 14.9. The Labute approximate surface area is 142 Å². The summed E-state index contributed by atoms with van der Waals surface area (Å²) < 4.78 is 4.56. The summed E-state index contributed by atoms with van der Waals surface area (Å²) in [5, 5.41) is 3.50. The van der Waals surface area contributed by atoms with E-state index in [1.54, 1.807) is 0 Å². The summed E-state index contributed by atoms with van der Waals surface area (Å²) in [5.41, 5.74) is 5.18. The normalized spacial score (nSPS) is 16.9. The molecule has 0 amide bonds. The van der Waals surface area contributed by atoms with Gasteiger partial charge < -0.3 is 4.57 Å². The van der Waals surface area contributed by atoms with Crippen LogP contribution in [0.15, 0.2) is 48.5 Å². The molecule has 0 bridgehead atoms. The molecular weight excluding hydrogens is 292 g/mol. The van der Waals surface area contributed by atoms with Crippen LogP contribution in [-0.2, 0) is 12.5 Å². The molecule has 4 rings (SSSR count). The summed E-state index contributed by atoms with van der Waals surface area (Å²) in [4.78, 5) is 0. The van der Waals surface area contributed by atoms with E-state index in [4.69, 9.17) is 0 Å². The minimum atomic E-state index is -0.0196. The van der Waals surface area contributed by atoms with Gasteiger partial charge >= 0.3 is 0 Å². The van der Waals surface area contributed by atoms with Gasteiger partial charge in [0.25, 0.3) is 0 Å². The number of hydrogen-bond acceptors (Lipinski definition) is 0. The Morgan fingerprint density at radius 3 is 2.42 bits per heavy atom. The van der Waals surface area contributed by atoms with E-state index in [0.717, 1.165) is 5.22 Å². The number of nitrogens with zero attached hydrogens (tertiary/aromatic N) is 2. The van der Waals surface area contributed by atoms with Crippen LogP contribution in [0.5, 0.6) is 0 Å². The molecule has 0 N–H and O–H groups in total. The summed E-state index contributed by atoms with van der Waals surface area (Å²) in [6, 6.07) is 17.1. The zero-order chi connectivity index (χ0) is 17.1. The Balaban J connectivity index is 2.05. The largest absolute Gasteiger partial charge is 0.343 e. The van der Waals surface area contributed by atoms with Crippen molar-refractivity contribution < 1.29 is 4.58 Å². The van der Waals surface area contributed by atoms with Gasteiger partial charge in [0.15, 0.2) is 5.71 Å². The summed E-state index contributed by atoms with van der Waals surface area (Å²) >= 11 is 0. The van der Waals surface area contributed by atoms with Gasteiger partial charge in [-0.2, -0.15) is 4.58 Å². The zero-order valence-corrected chi connectivity index (χ0v) is 14.8. The van der Waals surface area contributed by atoms with Crippen LogP contribution in [0.3, 0.4) is 0 Å². The third-order valence-electron chi connectivity index (χ3n) is 5.47. The highest BCUT2D eigenvalue weighted by atomic mass is 15.0. The molecule has 2 heteroatoms. The van der Waals surface area contributed by atoms with Crippen molar-refractivity contribution in [2.45, 2.75) is 19.3 Å². The fourth-order valence-electron chi connectivity index (χ4n) is 4.06. The van der Waals surface area contributed by atoms with Gasteiger partial charge in [0, 0.05) is 40.9 Å². The van der Waals surface area contributed by atoms with E-state index in [1.807, 2.05) is 0 Å². The van der Waals surface area contributed by atoms with Crippen molar-refractivity contribution >= 4 is 35.0 Å². The highest BCUT2D eigenvalue weighted by molar-refractivity contribution is 6.15. The molecule has 0 saturated heterocycles. The fraction of sp³-hybridized carbons (Fsp3) is 0.227. The molecular formula is C22H23N2+. The maximum absolute atomic E-state index is 4.35. The Hall–Kier alpha value is -2.61. The number of aromatic nitrogens is 1. The van der Waals surface area contributed by atoms with Gasteiger partial charge in [-0.3, -0.25) is 0 Å². The molecule has 2 nitrogen and oxygen atoms in total. The molecule has 24 heavy (non-hydrogen) atoms. The summed E-state index contributed by atoms with van der Waals surface area (Å²) in [5.74, 6) is 0. The second-order valence-electron chi connectivity index (χ2n) is 7.17. The molecule has 2 heterocycles. The smallest absolute Gasteiger partial charge is 0.209 e. The van der Waals surface area contributed by atoms with E-state index in [2.05, 4.69) is 98.3 Å². The first-order valence-electron chi connectivity index (χ1n) is 8.37. The van der Waals surface area contributed by atoms with Crippen LogP contribution in [-0.4, -0.2) is 21.9 Å². The first-order valence-corrected chi connectivity index (χ1v) is 8.37. The number of hydrogen-bond donors (Lipinski definition) is 0. The molecule has 1 aromatic heterocycles. The predicted molar refractivity (Wildman–Crippen MR) is 102 cm³/mol.